The van der Waals surface area contributed by atoms with Crippen LogP contribution < -0.4 is 0 Å². The molecule has 1 nitrogen and oxygen atoms in total. The average Bonchev–Trinajstić information content (AvgIpc) is 0.918. The molecule has 0 spiro atoms. The Morgan fingerprint density at radius 1 is 1.75 bits per heavy atom. The molecular weight excluding hydrogens is 114 g/mol. The first kappa shape index (κ1) is 8.92. The molecule has 4 heteroatoms. The number of hydrogen-bond acceptors (Lipinski definition) is 1. The average molecular weight is 117 g/mol. The van der Waals surface area contributed by atoms with Gasteiger partial charge in [0, 0.05) is 0 Å². The Morgan fingerprint density at radius 3 is 1.75 bits per heavy atom. The molecular formula is H3BBrLiO. The summed E-state index contributed by atoms with van der Waals surface area (Å²) in [5, 5.41) is 0. The van der Waals surface area contributed by atoms with E-state index in [1.807, 2.05) is 0 Å². The van der Waals surface area contributed by atoms with E-state index in [-0.39, 0.29) is 18.9 Å². The van der Waals surface area contributed by atoms with E-state index in [9.17, 15) is 0 Å². The van der Waals surface area contributed by atoms with Crippen LogP contribution >= 0.6 is 16.3 Å². The Morgan fingerprint density at radius 2 is 1.75 bits per heavy atom. The van der Waals surface area contributed by atoms with Crippen LogP contribution in [0.5, 0.6) is 0 Å². The summed E-state index contributed by atoms with van der Waals surface area (Å²) in [7, 11) is 1.54. The Labute approximate surface area is 47.2 Å². The van der Waals surface area contributed by atoms with Crippen molar-refractivity contribution >= 4 is 43.2 Å². The summed E-state index contributed by atoms with van der Waals surface area (Å²) in [4.78, 5) is 0. The van der Waals surface area contributed by atoms with Gasteiger partial charge in [-0.15, -0.1) is 0 Å². The summed E-state index contributed by atoms with van der Waals surface area (Å²) >= 11 is 2.65. The minimum atomic E-state index is 0. The van der Waals surface area contributed by atoms with Crippen molar-refractivity contribution in [1.82, 2.24) is 0 Å². The summed E-state index contributed by atoms with van der Waals surface area (Å²) in [6, 6.07) is 0. The molecule has 0 radical (unpaired) electrons. The van der Waals surface area contributed by atoms with Gasteiger partial charge in [0.15, 0.2) is 0 Å². The van der Waals surface area contributed by atoms with Crippen LogP contribution in [0.3, 0.4) is 0 Å². The van der Waals surface area contributed by atoms with Crippen LogP contribution in [0.4, 0.5) is 0 Å². The zero-order valence-electron chi connectivity index (χ0n) is 1.79. The van der Waals surface area contributed by atoms with E-state index < -0.39 is 0 Å². The van der Waals surface area contributed by atoms with E-state index in [1.54, 1.807) is 8.05 Å². The Kier molecular flexibility index (Phi) is 19.9. The van der Waals surface area contributed by atoms with Gasteiger partial charge in [0.05, 0.1) is 16.3 Å². The van der Waals surface area contributed by atoms with Crippen molar-refractivity contribution < 1.29 is 3.75 Å². The molecule has 0 aliphatic carbocycles. The topological polar surface area (TPSA) is 9.23 Å². The Balaban J connectivity index is 0. The molecule has 0 amide bonds. The van der Waals surface area contributed by atoms with Crippen LogP contribution in [0.25, 0.3) is 0 Å². The molecule has 0 saturated heterocycles. The number of halogens is 1. The second-order valence-corrected chi connectivity index (χ2v) is 0.802. The van der Waals surface area contributed by atoms with E-state index in [2.05, 4.69) is 20.0 Å². The van der Waals surface area contributed by atoms with Crippen molar-refractivity contribution in [3.63, 3.8) is 0 Å². The van der Waals surface area contributed by atoms with Crippen LogP contribution in [0.1, 0.15) is 0 Å². The third-order valence-corrected chi connectivity index (χ3v) is 0. The maximum atomic E-state index is 4.06. The quantitative estimate of drug-likeness (QED) is 0.377. The van der Waals surface area contributed by atoms with Gasteiger partial charge >= 0.3 is 18.9 Å². The molecule has 0 unspecified atom stereocenters. The number of rotatable bonds is 0. The molecule has 0 atom stereocenters. The molecule has 20 valence electrons. The molecule has 0 rings (SSSR count). The van der Waals surface area contributed by atoms with E-state index in [4.69, 9.17) is 0 Å². The fraction of sp³-hybridized carbons (Fsp3) is 0. The molecule has 0 aromatic carbocycles. The van der Waals surface area contributed by atoms with Crippen molar-refractivity contribution in [3.05, 3.63) is 0 Å². The molecule has 0 aromatic heterocycles. The molecule has 0 heterocycles. The predicted octanol–water partition coefficient (Wildman–Crippen LogP) is -0.788. The second-order valence-electron chi connectivity index (χ2n) is 0.154. The van der Waals surface area contributed by atoms with Gasteiger partial charge in [0.1, 0.15) is 0 Å². The number of hydrogen-bond donors (Lipinski definition) is 0. The van der Waals surface area contributed by atoms with E-state index in [0.717, 1.165) is 0 Å². The first-order chi connectivity index (χ1) is 1.41. The van der Waals surface area contributed by atoms with E-state index in [1.165, 1.54) is 0 Å². The van der Waals surface area contributed by atoms with Crippen molar-refractivity contribution in [2.75, 3.05) is 0 Å². The molecule has 0 fully saturated rings. The fourth-order valence-electron chi connectivity index (χ4n) is 0. The summed E-state index contributed by atoms with van der Waals surface area (Å²) in [6.45, 7) is 0. The molecule has 0 aliphatic heterocycles. The normalized spacial score (nSPS) is 4.25. The van der Waals surface area contributed by atoms with Gasteiger partial charge in [-0.1, -0.05) is 0 Å². The zero-order valence-corrected chi connectivity index (χ0v) is 3.37. The molecule has 4 heavy (non-hydrogen) atoms. The Hall–Kier alpha value is 1.10. The fourth-order valence-corrected chi connectivity index (χ4v) is 0. The first-order valence-corrected chi connectivity index (χ1v) is 1.21. The van der Waals surface area contributed by atoms with Crippen molar-refractivity contribution in [2.24, 2.45) is 0 Å². The SMILES string of the molecule is BOBr.[LiH]. The third kappa shape index (κ3) is 11.3. The van der Waals surface area contributed by atoms with Gasteiger partial charge in [-0.3, -0.25) is 0 Å². The van der Waals surface area contributed by atoms with E-state index in [0.29, 0.717) is 0 Å². The van der Waals surface area contributed by atoms with Crippen LogP contribution in [0, 0.1) is 0 Å². The zero-order chi connectivity index (χ0) is 2.71. The molecule has 0 N–H and O–H groups in total. The summed E-state index contributed by atoms with van der Waals surface area (Å²) in [5.74, 6) is 0. The van der Waals surface area contributed by atoms with Gasteiger partial charge in [0.2, 0.25) is 0 Å². The predicted molar refractivity (Wildman–Crippen MR) is 25.7 cm³/mol. The van der Waals surface area contributed by atoms with Gasteiger partial charge < -0.3 is 3.75 Å². The van der Waals surface area contributed by atoms with Gasteiger partial charge in [-0.05, 0) is 0 Å². The van der Waals surface area contributed by atoms with Gasteiger partial charge in [0.25, 0.3) is 8.05 Å². The van der Waals surface area contributed by atoms with E-state index >= 15 is 0 Å². The molecule has 0 bridgehead atoms. The molecule has 0 aromatic rings. The Bertz CT molecular complexity index is 8.00. The van der Waals surface area contributed by atoms with Gasteiger partial charge in [-0.25, -0.2) is 0 Å². The third-order valence-electron chi connectivity index (χ3n) is 0. The van der Waals surface area contributed by atoms with Crippen LogP contribution in [-0.2, 0) is 3.75 Å². The van der Waals surface area contributed by atoms with Gasteiger partial charge in [-0.2, -0.15) is 0 Å². The summed E-state index contributed by atoms with van der Waals surface area (Å²) < 4.78 is 4.06. The van der Waals surface area contributed by atoms with Crippen LogP contribution in [0.15, 0.2) is 0 Å². The van der Waals surface area contributed by atoms with Crippen LogP contribution in [0.2, 0.25) is 0 Å². The minimum absolute atomic E-state index is 0. The second kappa shape index (κ2) is 8.93. The summed E-state index contributed by atoms with van der Waals surface area (Å²) in [5.41, 5.74) is 0. The monoisotopic (exact) mass is 116 g/mol. The summed E-state index contributed by atoms with van der Waals surface area (Å²) in [6.07, 6.45) is 0. The molecule has 0 aliphatic rings. The first-order valence-electron chi connectivity index (χ1n) is 0.563. The maximum absolute atomic E-state index is 4.06. The molecule has 0 saturated carbocycles. The standard InChI is InChI=1S/BBrH2O.Li.H/c1-3-2;;/h1H2;;. The van der Waals surface area contributed by atoms with Crippen molar-refractivity contribution in [2.45, 2.75) is 0 Å². The van der Waals surface area contributed by atoms with Crippen molar-refractivity contribution in [3.8, 4) is 0 Å². The van der Waals surface area contributed by atoms with Crippen molar-refractivity contribution in [1.29, 1.82) is 0 Å². The van der Waals surface area contributed by atoms with Crippen LogP contribution in [-0.4, -0.2) is 26.9 Å².